The van der Waals surface area contributed by atoms with E-state index < -0.39 is 0 Å². The van der Waals surface area contributed by atoms with Crippen molar-refractivity contribution >= 4 is 24.2 Å². The van der Waals surface area contributed by atoms with Crippen molar-refractivity contribution in [2.75, 3.05) is 0 Å². The Hall–Kier alpha value is -1.13. The first-order valence-electron chi connectivity index (χ1n) is 8.24. The predicted octanol–water partition coefficient (Wildman–Crippen LogP) is 5.72. The maximum Gasteiger partial charge on any atom is 0.146 e. The molecule has 0 amide bonds. The summed E-state index contributed by atoms with van der Waals surface area (Å²) in [6.45, 7) is 15.4. The normalized spacial score (nSPS) is 9.38. The molecule has 0 spiro atoms. The van der Waals surface area contributed by atoms with E-state index in [2.05, 4.69) is 31.8 Å². The van der Waals surface area contributed by atoms with Gasteiger partial charge in [-0.05, 0) is 39.3 Å². The van der Waals surface area contributed by atoms with Gasteiger partial charge in [0.15, 0.2) is 0 Å². The van der Waals surface area contributed by atoms with Gasteiger partial charge in [0.25, 0.3) is 0 Å². The molecule has 0 saturated heterocycles. The molecule has 0 aliphatic rings. The first kappa shape index (κ1) is 30.7. The van der Waals surface area contributed by atoms with E-state index in [0.717, 1.165) is 10.5 Å². The van der Waals surface area contributed by atoms with Gasteiger partial charge >= 0.3 is 0 Å². The van der Waals surface area contributed by atoms with Crippen LogP contribution >= 0.6 is 12.6 Å². The largest absolute Gasteiger partial charge is 0.304 e. The van der Waals surface area contributed by atoms with Crippen molar-refractivity contribution in [2.45, 2.75) is 86.7 Å². The molecule has 0 aliphatic heterocycles. The Bertz CT molecular complexity index is 416. The first-order chi connectivity index (χ1) is 10.8. The number of benzene rings is 1. The Labute approximate surface area is 156 Å². The highest BCUT2D eigenvalue weighted by Gasteiger charge is 2.06. The summed E-state index contributed by atoms with van der Waals surface area (Å²) < 4.78 is 0. The van der Waals surface area contributed by atoms with Crippen LogP contribution in [0.3, 0.4) is 0 Å². The van der Waals surface area contributed by atoms with Gasteiger partial charge in [-0.25, -0.2) is 0 Å². The average molecular weight is 358 g/mol. The fourth-order valence-corrected chi connectivity index (χ4v) is 1.31. The zero-order valence-electron chi connectivity index (χ0n) is 16.1. The van der Waals surface area contributed by atoms with Crippen LogP contribution in [-0.4, -0.2) is 17.6 Å². The van der Waals surface area contributed by atoms with Crippen molar-refractivity contribution in [3.8, 4) is 0 Å². The highest BCUT2D eigenvalue weighted by Crippen LogP contribution is 2.12. The van der Waals surface area contributed by atoms with E-state index >= 15 is 0 Å². The summed E-state index contributed by atoms with van der Waals surface area (Å²) in [5.41, 5.74) is 1.11. The second kappa shape index (κ2) is 21.9. The molecule has 3 nitrogen and oxygen atoms in total. The molecule has 0 fully saturated rings. The van der Waals surface area contributed by atoms with Gasteiger partial charge in [0.1, 0.15) is 11.6 Å². The van der Waals surface area contributed by atoms with Crippen LogP contribution in [0.1, 0.15) is 74.8 Å². The molecule has 0 heterocycles. The predicted molar refractivity (Wildman–Crippen MR) is 111 cm³/mol. The van der Waals surface area contributed by atoms with Crippen LogP contribution in [0.2, 0.25) is 0 Å². The summed E-state index contributed by atoms with van der Waals surface area (Å²) in [6, 6.07) is 7.76. The summed E-state index contributed by atoms with van der Waals surface area (Å²) in [6.07, 6.45) is 1.25. The summed E-state index contributed by atoms with van der Waals surface area (Å²) in [4.78, 5) is 21.4. The van der Waals surface area contributed by atoms with Gasteiger partial charge in [0.05, 0.1) is 6.04 Å². The van der Waals surface area contributed by atoms with Crippen molar-refractivity contribution in [1.82, 2.24) is 5.32 Å². The van der Waals surface area contributed by atoms with Crippen LogP contribution < -0.4 is 5.32 Å². The van der Waals surface area contributed by atoms with Crippen LogP contribution in [0, 0.1) is 0 Å². The van der Waals surface area contributed by atoms with E-state index in [9.17, 15) is 9.59 Å². The molecule has 0 bridgehead atoms. The Morgan fingerprint density at radius 2 is 1.46 bits per heavy atom. The molecular weight excluding hydrogens is 318 g/mol. The highest BCUT2D eigenvalue weighted by molar-refractivity contribution is 7.80. The van der Waals surface area contributed by atoms with Crippen molar-refractivity contribution in [2.24, 2.45) is 0 Å². The SMILES string of the molecule is C.CC.CC(=O)C(C)NCc1ccccc1S.CC(C)=O.CCC. The molecule has 1 atom stereocenters. The van der Waals surface area contributed by atoms with Gasteiger partial charge < -0.3 is 10.1 Å². The molecule has 0 aromatic heterocycles. The lowest BCUT2D eigenvalue weighted by Gasteiger charge is -2.11. The molecule has 0 radical (unpaired) electrons. The van der Waals surface area contributed by atoms with Gasteiger partial charge in [-0.3, -0.25) is 4.79 Å². The van der Waals surface area contributed by atoms with Gasteiger partial charge in [-0.15, -0.1) is 12.6 Å². The van der Waals surface area contributed by atoms with E-state index in [1.807, 2.05) is 45.0 Å². The van der Waals surface area contributed by atoms with E-state index in [0.29, 0.717) is 6.54 Å². The van der Waals surface area contributed by atoms with Crippen LogP contribution in [0.25, 0.3) is 0 Å². The molecule has 1 N–H and O–H groups in total. The maximum atomic E-state index is 11.0. The monoisotopic (exact) mass is 357 g/mol. The minimum atomic E-state index is -0.0945. The topological polar surface area (TPSA) is 46.2 Å². The minimum absolute atomic E-state index is 0. The number of Topliss-reactive ketones (excluding diaryl/α,β-unsaturated/α-hetero) is 2. The molecule has 1 unspecified atom stereocenters. The van der Waals surface area contributed by atoms with Crippen molar-refractivity contribution in [1.29, 1.82) is 0 Å². The molecule has 24 heavy (non-hydrogen) atoms. The standard InChI is InChI=1S/C11H15NOS.C3H6O.C3H8.C2H6.CH4/c1-8(9(2)13)12-7-10-5-3-4-6-11(10)14;1-3(2)4;1-3-2;1-2;/h3-6,8,12,14H,7H2,1-2H3;1-2H3;3H2,1-2H3;1-2H3;1H4. The van der Waals surface area contributed by atoms with Crippen molar-refractivity contribution < 1.29 is 9.59 Å². The second-order valence-electron chi connectivity index (χ2n) is 4.96. The minimum Gasteiger partial charge on any atom is -0.304 e. The lowest BCUT2D eigenvalue weighted by Crippen LogP contribution is -2.31. The van der Waals surface area contributed by atoms with Crippen LogP contribution in [0.15, 0.2) is 29.2 Å². The summed E-state index contributed by atoms with van der Waals surface area (Å²) in [5, 5.41) is 3.14. The Morgan fingerprint density at radius 3 is 1.79 bits per heavy atom. The molecule has 0 saturated carbocycles. The highest BCUT2D eigenvalue weighted by atomic mass is 32.1. The molecule has 1 rings (SSSR count). The Balaban J connectivity index is -0.000000169. The van der Waals surface area contributed by atoms with Crippen LogP contribution in [0.4, 0.5) is 0 Å². The van der Waals surface area contributed by atoms with E-state index in [-0.39, 0.29) is 25.0 Å². The molecule has 0 aliphatic carbocycles. The third kappa shape index (κ3) is 23.1. The summed E-state index contributed by atoms with van der Waals surface area (Å²) in [7, 11) is 0. The maximum absolute atomic E-state index is 11.0. The zero-order valence-corrected chi connectivity index (χ0v) is 17.0. The number of hydrogen-bond donors (Lipinski definition) is 2. The number of hydrogen-bond acceptors (Lipinski definition) is 4. The quantitative estimate of drug-likeness (QED) is 0.678. The smallest absolute Gasteiger partial charge is 0.146 e. The van der Waals surface area contributed by atoms with E-state index in [1.165, 1.54) is 20.3 Å². The molecule has 1 aromatic rings. The van der Waals surface area contributed by atoms with Crippen LogP contribution in [0.5, 0.6) is 0 Å². The van der Waals surface area contributed by atoms with Crippen molar-refractivity contribution in [3.05, 3.63) is 29.8 Å². The number of rotatable bonds is 4. The third-order valence-corrected chi connectivity index (χ3v) is 2.64. The lowest BCUT2D eigenvalue weighted by atomic mass is 10.2. The number of thiol groups is 1. The molecule has 4 heteroatoms. The average Bonchev–Trinajstić information content (AvgIpc) is 2.48. The Morgan fingerprint density at radius 1 is 1.08 bits per heavy atom. The fourth-order valence-electron chi connectivity index (χ4n) is 1.07. The van der Waals surface area contributed by atoms with Crippen molar-refractivity contribution in [3.63, 3.8) is 0 Å². The number of nitrogens with one attached hydrogen (secondary N) is 1. The molecule has 1 aromatic carbocycles. The second-order valence-corrected chi connectivity index (χ2v) is 5.44. The van der Waals surface area contributed by atoms with Gasteiger partial charge in [0, 0.05) is 11.4 Å². The number of ketones is 2. The number of carbonyl (C=O) groups excluding carboxylic acids is 2. The van der Waals surface area contributed by atoms with Crippen LogP contribution in [-0.2, 0) is 16.1 Å². The van der Waals surface area contributed by atoms with Gasteiger partial charge in [0.2, 0.25) is 0 Å². The molecule has 142 valence electrons. The molecular formula is C20H39NO2S. The zero-order chi connectivity index (χ0) is 18.8. The van der Waals surface area contributed by atoms with Gasteiger partial charge in [-0.2, -0.15) is 0 Å². The fraction of sp³-hybridized carbons (Fsp3) is 0.600. The Kier molecular flexibility index (Phi) is 28.0. The lowest BCUT2D eigenvalue weighted by molar-refractivity contribution is -0.118. The van der Waals surface area contributed by atoms with Gasteiger partial charge in [-0.1, -0.05) is 59.7 Å². The first-order valence-corrected chi connectivity index (χ1v) is 8.68. The van der Waals surface area contributed by atoms with E-state index in [4.69, 9.17) is 0 Å². The third-order valence-electron chi connectivity index (χ3n) is 2.20. The summed E-state index contributed by atoms with van der Waals surface area (Å²) in [5.74, 6) is 0.321. The number of carbonyl (C=O) groups is 2. The summed E-state index contributed by atoms with van der Waals surface area (Å²) >= 11 is 4.33. The van der Waals surface area contributed by atoms with E-state index in [1.54, 1.807) is 6.92 Å².